The van der Waals surface area contributed by atoms with Gasteiger partial charge in [0.2, 0.25) is 17.7 Å². The number of carbonyl (C=O) groups excluding carboxylic acids is 2. The Labute approximate surface area is 163 Å². The van der Waals surface area contributed by atoms with E-state index in [-0.39, 0.29) is 30.3 Å². The SMILES string of the molecule is COc1cccc(N2C[C@@H](C(=O)N3CC[C@H](Oc4cccnn4)C3)CC2=O)c1. The molecular formula is C20H22N4O4. The van der Waals surface area contributed by atoms with Crippen LogP contribution in [0.5, 0.6) is 11.6 Å². The molecule has 1 aromatic heterocycles. The highest BCUT2D eigenvalue weighted by molar-refractivity contribution is 6.00. The minimum absolute atomic E-state index is 0.00370. The van der Waals surface area contributed by atoms with Crippen LogP contribution in [0.1, 0.15) is 12.8 Å². The molecule has 0 aliphatic carbocycles. The van der Waals surface area contributed by atoms with E-state index in [1.54, 1.807) is 35.2 Å². The third-order valence-electron chi connectivity index (χ3n) is 5.13. The van der Waals surface area contributed by atoms with E-state index < -0.39 is 0 Å². The van der Waals surface area contributed by atoms with Crippen molar-refractivity contribution in [3.63, 3.8) is 0 Å². The van der Waals surface area contributed by atoms with Gasteiger partial charge in [0.1, 0.15) is 11.9 Å². The van der Waals surface area contributed by atoms with Crippen LogP contribution in [0.15, 0.2) is 42.6 Å². The summed E-state index contributed by atoms with van der Waals surface area (Å²) in [5, 5.41) is 7.71. The van der Waals surface area contributed by atoms with Gasteiger partial charge in [-0.15, -0.1) is 5.10 Å². The van der Waals surface area contributed by atoms with Gasteiger partial charge in [0.15, 0.2) is 0 Å². The molecule has 2 aliphatic heterocycles. The highest BCUT2D eigenvalue weighted by atomic mass is 16.5. The molecule has 8 heteroatoms. The number of aromatic nitrogens is 2. The van der Waals surface area contributed by atoms with Gasteiger partial charge in [0.05, 0.1) is 19.6 Å². The van der Waals surface area contributed by atoms with Crippen LogP contribution in [-0.2, 0) is 9.59 Å². The normalized spacial score (nSPS) is 21.8. The maximum absolute atomic E-state index is 12.9. The van der Waals surface area contributed by atoms with Gasteiger partial charge in [-0.25, -0.2) is 0 Å². The van der Waals surface area contributed by atoms with E-state index in [0.29, 0.717) is 31.3 Å². The molecule has 146 valence electrons. The van der Waals surface area contributed by atoms with Crippen molar-refractivity contribution in [3.05, 3.63) is 42.6 Å². The zero-order valence-electron chi connectivity index (χ0n) is 15.7. The first-order valence-corrected chi connectivity index (χ1v) is 9.31. The minimum Gasteiger partial charge on any atom is -0.497 e. The number of carbonyl (C=O) groups is 2. The van der Waals surface area contributed by atoms with E-state index in [0.717, 1.165) is 12.1 Å². The van der Waals surface area contributed by atoms with E-state index in [1.165, 1.54) is 0 Å². The Balaban J connectivity index is 1.37. The van der Waals surface area contributed by atoms with Gasteiger partial charge in [-0.2, -0.15) is 5.10 Å². The predicted octanol–water partition coefficient (Wildman–Crippen LogP) is 1.52. The number of benzene rings is 1. The summed E-state index contributed by atoms with van der Waals surface area (Å²) in [7, 11) is 1.59. The van der Waals surface area contributed by atoms with Crippen LogP contribution >= 0.6 is 0 Å². The Bertz CT molecular complexity index is 860. The van der Waals surface area contributed by atoms with Gasteiger partial charge in [0, 0.05) is 49.9 Å². The molecule has 0 bridgehead atoms. The number of nitrogens with zero attached hydrogens (tertiary/aromatic N) is 4. The molecular weight excluding hydrogens is 360 g/mol. The first-order valence-electron chi connectivity index (χ1n) is 9.31. The summed E-state index contributed by atoms with van der Waals surface area (Å²) in [4.78, 5) is 28.9. The maximum Gasteiger partial charge on any atom is 0.233 e. The molecule has 2 amide bonds. The molecule has 0 unspecified atom stereocenters. The second-order valence-corrected chi connectivity index (χ2v) is 6.98. The molecule has 0 spiro atoms. The number of likely N-dealkylation sites (tertiary alicyclic amines) is 1. The number of amides is 2. The number of hydrogen-bond donors (Lipinski definition) is 0. The van der Waals surface area contributed by atoms with Crippen LogP contribution < -0.4 is 14.4 Å². The highest BCUT2D eigenvalue weighted by Crippen LogP contribution is 2.29. The molecule has 1 aromatic carbocycles. The summed E-state index contributed by atoms with van der Waals surface area (Å²) < 4.78 is 11.0. The van der Waals surface area contributed by atoms with Crippen molar-refractivity contribution in [1.29, 1.82) is 0 Å². The summed E-state index contributed by atoms with van der Waals surface area (Å²) in [5.41, 5.74) is 0.755. The molecule has 2 aliphatic rings. The van der Waals surface area contributed by atoms with E-state index in [4.69, 9.17) is 9.47 Å². The standard InChI is InChI=1S/C20H22N4O4/c1-27-16-5-2-4-15(11-16)24-12-14(10-19(24)25)20(26)23-9-7-17(13-23)28-18-6-3-8-21-22-18/h2-6,8,11,14,17H,7,9-10,12-13H2,1H3/t14-,17-/m0/s1. The molecule has 0 saturated carbocycles. The first kappa shape index (κ1) is 18.2. The Morgan fingerprint density at radius 1 is 1.21 bits per heavy atom. The molecule has 0 radical (unpaired) electrons. The zero-order chi connectivity index (χ0) is 19.5. The second-order valence-electron chi connectivity index (χ2n) is 6.98. The van der Waals surface area contributed by atoms with Gasteiger partial charge in [-0.1, -0.05) is 6.07 Å². The average Bonchev–Trinajstić information content (AvgIpc) is 3.35. The van der Waals surface area contributed by atoms with Crippen LogP contribution in [0.2, 0.25) is 0 Å². The monoisotopic (exact) mass is 382 g/mol. The van der Waals surface area contributed by atoms with Crippen LogP contribution in [0, 0.1) is 5.92 Å². The van der Waals surface area contributed by atoms with E-state index in [1.807, 2.05) is 24.3 Å². The van der Waals surface area contributed by atoms with Crippen molar-refractivity contribution >= 4 is 17.5 Å². The number of hydrogen-bond acceptors (Lipinski definition) is 6. The Morgan fingerprint density at radius 2 is 2.11 bits per heavy atom. The Kier molecular flexibility index (Phi) is 5.10. The van der Waals surface area contributed by atoms with Gasteiger partial charge in [0.25, 0.3) is 0 Å². The number of rotatable bonds is 5. The van der Waals surface area contributed by atoms with Crippen molar-refractivity contribution < 1.29 is 19.1 Å². The largest absolute Gasteiger partial charge is 0.497 e. The summed E-state index contributed by atoms with van der Waals surface area (Å²) in [6, 6.07) is 10.8. The third-order valence-corrected chi connectivity index (χ3v) is 5.13. The fraction of sp³-hybridized carbons (Fsp3) is 0.400. The topological polar surface area (TPSA) is 84.9 Å². The molecule has 2 atom stereocenters. The fourth-order valence-corrected chi connectivity index (χ4v) is 3.70. The van der Waals surface area contributed by atoms with E-state index >= 15 is 0 Å². The van der Waals surface area contributed by atoms with Crippen molar-refractivity contribution in [2.75, 3.05) is 31.6 Å². The first-order chi connectivity index (χ1) is 13.6. The van der Waals surface area contributed by atoms with Crippen molar-refractivity contribution in [2.24, 2.45) is 5.92 Å². The van der Waals surface area contributed by atoms with Gasteiger partial charge in [-0.05, 0) is 18.2 Å². The molecule has 28 heavy (non-hydrogen) atoms. The molecule has 2 aromatic rings. The Morgan fingerprint density at radius 3 is 2.89 bits per heavy atom. The quantitative estimate of drug-likeness (QED) is 0.780. The average molecular weight is 382 g/mol. The van der Waals surface area contributed by atoms with Gasteiger partial charge < -0.3 is 19.3 Å². The predicted molar refractivity (Wildman–Crippen MR) is 101 cm³/mol. The highest BCUT2D eigenvalue weighted by Gasteiger charge is 2.39. The van der Waals surface area contributed by atoms with Crippen molar-refractivity contribution in [1.82, 2.24) is 15.1 Å². The fourth-order valence-electron chi connectivity index (χ4n) is 3.70. The van der Waals surface area contributed by atoms with E-state index in [2.05, 4.69) is 10.2 Å². The van der Waals surface area contributed by atoms with Gasteiger partial charge in [-0.3, -0.25) is 9.59 Å². The van der Waals surface area contributed by atoms with Crippen molar-refractivity contribution in [3.8, 4) is 11.6 Å². The zero-order valence-corrected chi connectivity index (χ0v) is 15.7. The molecule has 8 nitrogen and oxygen atoms in total. The third kappa shape index (κ3) is 3.76. The number of ether oxygens (including phenoxy) is 2. The summed E-state index contributed by atoms with van der Waals surface area (Å²) in [5.74, 6) is 0.766. The summed E-state index contributed by atoms with van der Waals surface area (Å²) in [6.45, 7) is 1.50. The van der Waals surface area contributed by atoms with Crippen molar-refractivity contribution in [2.45, 2.75) is 18.9 Å². The molecule has 0 N–H and O–H groups in total. The van der Waals surface area contributed by atoms with E-state index in [9.17, 15) is 9.59 Å². The lowest BCUT2D eigenvalue weighted by molar-refractivity contribution is -0.135. The molecule has 2 fully saturated rings. The van der Waals surface area contributed by atoms with Gasteiger partial charge >= 0.3 is 0 Å². The van der Waals surface area contributed by atoms with Crippen LogP contribution in [0.25, 0.3) is 0 Å². The number of methoxy groups -OCH3 is 1. The number of anilines is 1. The second kappa shape index (κ2) is 7.84. The lowest BCUT2D eigenvalue weighted by Gasteiger charge is -2.21. The molecule has 2 saturated heterocycles. The van der Waals surface area contributed by atoms with Crippen LogP contribution in [0.4, 0.5) is 5.69 Å². The summed E-state index contributed by atoms with van der Waals surface area (Å²) in [6.07, 6.45) is 2.44. The Hall–Kier alpha value is -3.16. The minimum atomic E-state index is -0.339. The molecule has 4 rings (SSSR count). The lowest BCUT2D eigenvalue weighted by atomic mass is 10.1. The van der Waals surface area contributed by atoms with Crippen LogP contribution in [0.3, 0.4) is 0 Å². The maximum atomic E-state index is 12.9. The summed E-state index contributed by atoms with van der Waals surface area (Å²) >= 11 is 0. The molecule has 3 heterocycles. The van der Waals surface area contributed by atoms with Crippen LogP contribution in [-0.4, -0.2) is 59.8 Å². The smallest absolute Gasteiger partial charge is 0.233 e. The lowest BCUT2D eigenvalue weighted by Crippen LogP contribution is -2.37.